The summed E-state index contributed by atoms with van der Waals surface area (Å²) in [6, 6.07) is 7.87. The monoisotopic (exact) mass is 250 g/mol. The molecule has 0 radical (unpaired) electrons. The van der Waals surface area contributed by atoms with E-state index in [1.54, 1.807) is 12.1 Å². The molecule has 1 aliphatic heterocycles. The standard InChI is InChI=1S/C14H22N2O2/c1-2-14(11-3-5-12(17)6-4-11)16-7-8-18-13(9-15)10-16/h3-6,13-14,17H,2,7-10,15H2,1H3. The third-order valence-corrected chi connectivity index (χ3v) is 3.54. The van der Waals surface area contributed by atoms with Gasteiger partial charge in [-0.3, -0.25) is 4.90 Å². The van der Waals surface area contributed by atoms with Crippen LogP contribution < -0.4 is 5.73 Å². The molecule has 1 aromatic rings. The van der Waals surface area contributed by atoms with Crippen LogP contribution in [0.25, 0.3) is 0 Å². The van der Waals surface area contributed by atoms with Gasteiger partial charge in [-0.05, 0) is 24.1 Å². The van der Waals surface area contributed by atoms with Gasteiger partial charge in [0.25, 0.3) is 0 Å². The maximum absolute atomic E-state index is 9.35. The zero-order chi connectivity index (χ0) is 13.0. The average molecular weight is 250 g/mol. The van der Waals surface area contributed by atoms with Crippen molar-refractivity contribution in [3.63, 3.8) is 0 Å². The number of aromatic hydroxyl groups is 1. The highest BCUT2D eigenvalue weighted by Gasteiger charge is 2.25. The van der Waals surface area contributed by atoms with Gasteiger partial charge in [-0.15, -0.1) is 0 Å². The first-order valence-corrected chi connectivity index (χ1v) is 6.59. The minimum atomic E-state index is 0.143. The minimum absolute atomic E-state index is 0.143. The molecule has 100 valence electrons. The molecule has 0 bridgehead atoms. The van der Waals surface area contributed by atoms with E-state index in [-0.39, 0.29) is 6.10 Å². The van der Waals surface area contributed by atoms with Crippen LogP contribution >= 0.6 is 0 Å². The summed E-state index contributed by atoms with van der Waals surface area (Å²) in [5, 5.41) is 9.35. The Morgan fingerprint density at radius 1 is 1.44 bits per heavy atom. The highest BCUT2D eigenvalue weighted by atomic mass is 16.5. The number of phenolic OH excluding ortho intramolecular Hbond substituents is 1. The number of benzene rings is 1. The molecular formula is C14H22N2O2. The number of hydrogen-bond acceptors (Lipinski definition) is 4. The van der Waals surface area contributed by atoms with Gasteiger partial charge in [0.1, 0.15) is 5.75 Å². The summed E-state index contributed by atoms with van der Waals surface area (Å²) in [5.74, 6) is 0.315. The summed E-state index contributed by atoms with van der Waals surface area (Å²) in [6.07, 6.45) is 1.19. The van der Waals surface area contributed by atoms with E-state index >= 15 is 0 Å². The van der Waals surface area contributed by atoms with Crippen molar-refractivity contribution in [2.45, 2.75) is 25.5 Å². The molecule has 1 heterocycles. The molecule has 1 saturated heterocycles. The van der Waals surface area contributed by atoms with Crippen LogP contribution in [0.1, 0.15) is 24.9 Å². The predicted octanol–water partition coefficient (Wildman–Crippen LogP) is 1.50. The number of phenols is 1. The first-order valence-electron chi connectivity index (χ1n) is 6.59. The molecule has 4 nitrogen and oxygen atoms in total. The van der Waals surface area contributed by atoms with Crippen molar-refractivity contribution in [3.05, 3.63) is 29.8 Å². The lowest BCUT2D eigenvalue weighted by Gasteiger charge is -2.38. The predicted molar refractivity (Wildman–Crippen MR) is 71.5 cm³/mol. The van der Waals surface area contributed by atoms with Gasteiger partial charge in [-0.2, -0.15) is 0 Å². The van der Waals surface area contributed by atoms with Crippen molar-refractivity contribution in [2.24, 2.45) is 5.73 Å². The summed E-state index contributed by atoms with van der Waals surface area (Å²) >= 11 is 0. The van der Waals surface area contributed by atoms with Gasteiger partial charge in [0.15, 0.2) is 0 Å². The molecule has 0 saturated carbocycles. The molecule has 2 rings (SSSR count). The van der Waals surface area contributed by atoms with Gasteiger partial charge >= 0.3 is 0 Å². The Balaban J connectivity index is 2.10. The van der Waals surface area contributed by atoms with Gasteiger partial charge in [0, 0.05) is 25.7 Å². The van der Waals surface area contributed by atoms with Crippen LogP contribution in [-0.2, 0) is 4.74 Å². The smallest absolute Gasteiger partial charge is 0.115 e. The summed E-state index contributed by atoms with van der Waals surface area (Å²) in [4.78, 5) is 2.42. The molecule has 1 fully saturated rings. The fourth-order valence-corrected chi connectivity index (χ4v) is 2.57. The fourth-order valence-electron chi connectivity index (χ4n) is 2.57. The van der Waals surface area contributed by atoms with Gasteiger partial charge in [0.05, 0.1) is 12.7 Å². The molecule has 2 unspecified atom stereocenters. The van der Waals surface area contributed by atoms with Gasteiger partial charge in [-0.25, -0.2) is 0 Å². The Hall–Kier alpha value is -1.10. The van der Waals surface area contributed by atoms with E-state index in [4.69, 9.17) is 10.5 Å². The van der Waals surface area contributed by atoms with Crippen LogP contribution in [0.15, 0.2) is 24.3 Å². The van der Waals surface area contributed by atoms with Crippen molar-refractivity contribution in [1.82, 2.24) is 4.90 Å². The first-order chi connectivity index (χ1) is 8.74. The van der Waals surface area contributed by atoms with Crippen LogP contribution in [0.3, 0.4) is 0 Å². The summed E-state index contributed by atoms with van der Waals surface area (Å²) in [7, 11) is 0. The fraction of sp³-hybridized carbons (Fsp3) is 0.571. The number of ether oxygens (including phenoxy) is 1. The van der Waals surface area contributed by atoms with Crippen LogP contribution in [0.5, 0.6) is 5.75 Å². The van der Waals surface area contributed by atoms with Crippen LogP contribution in [0.4, 0.5) is 0 Å². The Kier molecular flexibility index (Phi) is 4.58. The van der Waals surface area contributed by atoms with E-state index in [1.165, 1.54) is 5.56 Å². The molecule has 18 heavy (non-hydrogen) atoms. The molecule has 0 spiro atoms. The molecule has 1 aromatic carbocycles. The second kappa shape index (κ2) is 6.18. The van der Waals surface area contributed by atoms with E-state index in [9.17, 15) is 5.11 Å². The van der Waals surface area contributed by atoms with Crippen molar-refractivity contribution in [2.75, 3.05) is 26.2 Å². The maximum atomic E-state index is 9.35. The largest absolute Gasteiger partial charge is 0.508 e. The molecule has 0 aliphatic carbocycles. The SMILES string of the molecule is CCC(c1ccc(O)cc1)N1CCOC(CN)C1. The molecule has 3 N–H and O–H groups in total. The van der Waals surface area contributed by atoms with Crippen LogP contribution in [0.2, 0.25) is 0 Å². The van der Waals surface area contributed by atoms with E-state index in [2.05, 4.69) is 11.8 Å². The van der Waals surface area contributed by atoms with Gasteiger partial charge in [-0.1, -0.05) is 19.1 Å². The van der Waals surface area contributed by atoms with Crippen LogP contribution in [-0.4, -0.2) is 42.4 Å². The second-order valence-electron chi connectivity index (χ2n) is 4.74. The molecule has 4 heteroatoms. The molecule has 2 atom stereocenters. The normalized spacial score (nSPS) is 22.9. The summed E-state index contributed by atoms with van der Waals surface area (Å²) < 4.78 is 5.60. The Morgan fingerprint density at radius 3 is 2.78 bits per heavy atom. The third kappa shape index (κ3) is 3.02. The van der Waals surface area contributed by atoms with E-state index < -0.39 is 0 Å². The molecule has 0 aromatic heterocycles. The van der Waals surface area contributed by atoms with Gasteiger partial charge in [0.2, 0.25) is 0 Å². The number of hydrogen-bond donors (Lipinski definition) is 2. The number of rotatable bonds is 4. The maximum Gasteiger partial charge on any atom is 0.115 e. The Labute approximate surface area is 108 Å². The van der Waals surface area contributed by atoms with E-state index in [0.717, 1.165) is 26.1 Å². The molecular weight excluding hydrogens is 228 g/mol. The molecule has 0 amide bonds. The minimum Gasteiger partial charge on any atom is -0.508 e. The van der Waals surface area contributed by atoms with Crippen LogP contribution in [0, 0.1) is 0 Å². The van der Waals surface area contributed by atoms with Crippen molar-refractivity contribution in [3.8, 4) is 5.75 Å². The lowest BCUT2D eigenvalue weighted by molar-refractivity contribution is -0.0396. The Morgan fingerprint density at radius 2 is 2.17 bits per heavy atom. The van der Waals surface area contributed by atoms with Gasteiger partial charge < -0.3 is 15.6 Å². The van der Waals surface area contributed by atoms with Crippen molar-refractivity contribution in [1.29, 1.82) is 0 Å². The highest BCUT2D eigenvalue weighted by Crippen LogP contribution is 2.27. The van der Waals surface area contributed by atoms with Crippen molar-refractivity contribution >= 4 is 0 Å². The topological polar surface area (TPSA) is 58.7 Å². The highest BCUT2D eigenvalue weighted by molar-refractivity contribution is 5.28. The zero-order valence-corrected chi connectivity index (χ0v) is 10.9. The first kappa shape index (κ1) is 13.3. The molecule has 1 aliphatic rings. The summed E-state index contributed by atoms with van der Waals surface area (Å²) in [5.41, 5.74) is 6.92. The average Bonchev–Trinajstić information content (AvgIpc) is 2.42. The van der Waals surface area contributed by atoms with E-state index in [1.807, 2.05) is 12.1 Å². The second-order valence-corrected chi connectivity index (χ2v) is 4.74. The summed E-state index contributed by atoms with van der Waals surface area (Å²) in [6.45, 7) is 5.33. The zero-order valence-electron chi connectivity index (χ0n) is 10.9. The quantitative estimate of drug-likeness (QED) is 0.850. The lowest BCUT2D eigenvalue weighted by atomic mass is 10.0. The Bertz CT molecular complexity index is 367. The number of nitrogens with two attached hydrogens (primary N) is 1. The lowest BCUT2D eigenvalue weighted by Crippen LogP contribution is -2.46. The van der Waals surface area contributed by atoms with E-state index in [0.29, 0.717) is 18.3 Å². The number of nitrogens with zero attached hydrogens (tertiary/aromatic N) is 1. The number of morpholine rings is 1. The third-order valence-electron chi connectivity index (χ3n) is 3.54. The van der Waals surface area contributed by atoms with Crippen molar-refractivity contribution < 1.29 is 9.84 Å².